The highest BCUT2D eigenvalue weighted by atomic mass is 32.1. The van der Waals surface area contributed by atoms with Gasteiger partial charge in [-0.05, 0) is 49.9 Å². The van der Waals surface area contributed by atoms with E-state index >= 15 is 0 Å². The van der Waals surface area contributed by atoms with Gasteiger partial charge in [-0.15, -0.1) is 10.2 Å². The summed E-state index contributed by atoms with van der Waals surface area (Å²) < 4.78 is 0. The average molecular weight is 411 g/mol. The fraction of sp³-hybridized carbons (Fsp3) is 0.526. The van der Waals surface area contributed by atoms with Gasteiger partial charge in [-0.2, -0.15) is 0 Å². The summed E-state index contributed by atoms with van der Waals surface area (Å²) in [5.41, 5.74) is 3.51. The van der Waals surface area contributed by atoms with Gasteiger partial charge >= 0.3 is 0 Å². The van der Waals surface area contributed by atoms with Crippen LogP contribution in [-0.4, -0.2) is 47.8 Å². The number of rotatable bonds is 4. The van der Waals surface area contributed by atoms with Crippen LogP contribution in [0.3, 0.4) is 0 Å². The van der Waals surface area contributed by atoms with Crippen molar-refractivity contribution in [1.29, 1.82) is 0 Å². The molecule has 150 valence electrons. The van der Waals surface area contributed by atoms with Crippen LogP contribution in [0.4, 0.5) is 10.8 Å². The zero-order valence-corrected chi connectivity index (χ0v) is 16.4. The second-order valence-corrected chi connectivity index (χ2v) is 9.54. The second-order valence-electron chi connectivity index (χ2n) is 8.71. The number of H-pyrrole nitrogens is 1. The van der Waals surface area contributed by atoms with Crippen LogP contribution in [0.2, 0.25) is 0 Å². The lowest BCUT2D eigenvalue weighted by Gasteiger charge is -2.58. The number of fused-ring (bicyclic) bond motifs is 1. The molecule has 10 heteroatoms. The summed E-state index contributed by atoms with van der Waals surface area (Å²) in [5, 5.41) is 25.4. The molecule has 0 aromatic carbocycles. The summed E-state index contributed by atoms with van der Waals surface area (Å²) in [7, 11) is 0. The van der Waals surface area contributed by atoms with E-state index in [1.54, 1.807) is 18.0 Å². The number of hydrogen-bond acceptors (Lipinski definition) is 8. The maximum atomic E-state index is 13.0. The van der Waals surface area contributed by atoms with Gasteiger partial charge in [0.1, 0.15) is 11.0 Å². The van der Waals surface area contributed by atoms with Gasteiger partial charge in [0.25, 0.3) is 5.91 Å². The Bertz CT molecular complexity index is 1070. The first-order valence-corrected chi connectivity index (χ1v) is 10.8. The van der Waals surface area contributed by atoms with Crippen LogP contribution in [-0.2, 0) is 0 Å². The summed E-state index contributed by atoms with van der Waals surface area (Å²) in [6.45, 7) is 0. The Morgan fingerprint density at radius 3 is 2.79 bits per heavy atom. The molecule has 3 aromatic rings. The molecule has 0 spiro atoms. The first-order chi connectivity index (χ1) is 14.1. The number of aromatic amines is 1. The highest BCUT2D eigenvalue weighted by Gasteiger charge is 2.54. The standard InChI is InChI=1S/C19H21N7O2S/c27-17(25-18-26-23-8-29-18)12-6-20-16-15(21-7-22-16)14(12)24-13-10-1-9-2-11(13)5-19(28,3-9)4-10/h6-11,13,28H,1-5H2,(H,25,26,27)(H2,20,21,22,24)/t9?,10?,11?,13-,19+. The number of carbonyl (C=O) groups is 1. The van der Waals surface area contributed by atoms with E-state index in [9.17, 15) is 9.90 Å². The van der Waals surface area contributed by atoms with Crippen LogP contribution >= 0.6 is 11.3 Å². The zero-order chi connectivity index (χ0) is 19.6. The van der Waals surface area contributed by atoms with Gasteiger partial charge in [-0.25, -0.2) is 9.97 Å². The molecule has 4 N–H and O–H groups in total. The highest BCUT2D eigenvalue weighted by molar-refractivity contribution is 7.13. The first kappa shape index (κ1) is 17.3. The molecule has 0 radical (unpaired) electrons. The molecule has 29 heavy (non-hydrogen) atoms. The maximum absolute atomic E-state index is 13.0. The van der Waals surface area contributed by atoms with Crippen LogP contribution < -0.4 is 10.6 Å². The first-order valence-electron chi connectivity index (χ1n) is 9.96. The van der Waals surface area contributed by atoms with Crippen LogP contribution in [0.5, 0.6) is 0 Å². The summed E-state index contributed by atoms with van der Waals surface area (Å²) in [4.78, 5) is 24.8. The predicted molar refractivity (Wildman–Crippen MR) is 108 cm³/mol. The van der Waals surface area contributed by atoms with Crippen molar-refractivity contribution in [1.82, 2.24) is 25.1 Å². The van der Waals surface area contributed by atoms with Crippen molar-refractivity contribution in [2.45, 2.75) is 43.7 Å². The van der Waals surface area contributed by atoms with E-state index in [-0.39, 0.29) is 11.9 Å². The van der Waals surface area contributed by atoms with Crippen molar-refractivity contribution >= 4 is 39.2 Å². The fourth-order valence-corrected chi connectivity index (χ4v) is 6.42. The minimum absolute atomic E-state index is 0.224. The number of carbonyl (C=O) groups excluding carboxylic acids is 1. The van der Waals surface area contributed by atoms with Gasteiger partial charge < -0.3 is 15.4 Å². The van der Waals surface area contributed by atoms with E-state index in [1.165, 1.54) is 11.3 Å². The van der Waals surface area contributed by atoms with Gasteiger partial charge in [0.15, 0.2) is 5.65 Å². The molecule has 3 heterocycles. The number of aliphatic hydroxyl groups is 1. The smallest absolute Gasteiger partial charge is 0.261 e. The molecule has 0 aliphatic heterocycles. The lowest BCUT2D eigenvalue weighted by atomic mass is 9.52. The van der Waals surface area contributed by atoms with Crippen LogP contribution in [0, 0.1) is 17.8 Å². The second kappa shape index (κ2) is 6.20. The van der Waals surface area contributed by atoms with Gasteiger partial charge in [-0.1, -0.05) is 11.3 Å². The third-order valence-electron chi connectivity index (χ3n) is 6.83. The highest BCUT2D eigenvalue weighted by Crippen LogP contribution is 2.56. The molecular weight excluding hydrogens is 390 g/mol. The van der Waals surface area contributed by atoms with E-state index in [2.05, 4.69) is 35.8 Å². The number of nitrogens with zero attached hydrogens (tertiary/aromatic N) is 4. The van der Waals surface area contributed by atoms with Gasteiger partial charge in [0.2, 0.25) is 5.13 Å². The molecule has 7 rings (SSSR count). The topological polar surface area (TPSA) is 129 Å². The Balaban J connectivity index is 1.36. The Morgan fingerprint density at radius 1 is 1.24 bits per heavy atom. The van der Waals surface area contributed by atoms with Crippen LogP contribution in [0.1, 0.15) is 42.5 Å². The van der Waals surface area contributed by atoms with Crippen molar-refractivity contribution in [2.24, 2.45) is 17.8 Å². The lowest BCUT2D eigenvalue weighted by molar-refractivity contribution is -0.129. The van der Waals surface area contributed by atoms with Crippen LogP contribution in [0.15, 0.2) is 18.0 Å². The predicted octanol–water partition coefficient (Wildman–Crippen LogP) is 2.41. The summed E-state index contributed by atoms with van der Waals surface area (Å²) in [6.07, 6.45) is 8.05. The van der Waals surface area contributed by atoms with Crippen molar-refractivity contribution in [2.75, 3.05) is 10.6 Å². The van der Waals surface area contributed by atoms with E-state index in [0.29, 0.717) is 45.3 Å². The molecule has 9 nitrogen and oxygen atoms in total. The quantitative estimate of drug-likeness (QED) is 0.519. The fourth-order valence-electron chi connectivity index (χ4n) is 5.98. The molecule has 4 fully saturated rings. The molecule has 3 aromatic heterocycles. The number of anilines is 2. The molecular formula is C19H21N7O2S. The van der Waals surface area contributed by atoms with Gasteiger partial charge in [-0.3, -0.25) is 10.1 Å². The summed E-state index contributed by atoms with van der Waals surface area (Å²) >= 11 is 1.27. The van der Waals surface area contributed by atoms with Crippen LogP contribution in [0.25, 0.3) is 11.2 Å². The van der Waals surface area contributed by atoms with E-state index in [0.717, 1.165) is 32.1 Å². The maximum Gasteiger partial charge on any atom is 0.261 e. The summed E-state index contributed by atoms with van der Waals surface area (Å²) in [5.74, 6) is 1.16. The third kappa shape index (κ3) is 2.81. The van der Waals surface area contributed by atoms with Crippen molar-refractivity contribution < 1.29 is 9.90 Å². The van der Waals surface area contributed by atoms with E-state index < -0.39 is 5.60 Å². The largest absolute Gasteiger partial charge is 0.390 e. The molecule has 4 aliphatic carbocycles. The van der Waals surface area contributed by atoms with Gasteiger partial charge in [0, 0.05) is 12.2 Å². The number of imidazole rings is 1. The number of aromatic nitrogens is 5. The number of hydrogen-bond donors (Lipinski definition) is 4. The van der Waals surface area contributed by atoms with Crippen molar-refractivity contribution in [3.8, 4) is 0 Å². The number of amides is 1. The molecule has 4 bridgehead atoms. The molecule has 2 unspecified atom stereocenters. The number of nitrogens with one attached hydrogen (secondary N) is 3. The molecule has 0 saturated heterocycles. The van der Waals surface area contributed by atoms with Crippen molar-refractivity contribution in [3.63, 3.8) is 0 Å². The third-order valence-corrected chi connectivity index (χ3v) is 7.43. The van der Waals surface area contributed by atoms with Crippen molar-refractivity contribution in [3.05, 3.63) is 23.6 Å². The minimum atomic E-state index is -0.493. The average Bonchev–Trinajstić information content (AvgIpc) is 3.34. The molecule has 2 atom stereocenters. The monoisotopic (exact) mass is 411 g/mol. The molecule has 1 amide bonds. The van der Waals surface area contributed by atoms with E-state index in [1.807, 2.05) is 0 Å². The van der Waals surface area contributed by atoms with Gasteiger partial charge in [0.05, 0.1) is 23.2 Å². The van der Waals surface area contributed by atoms with E-state index in [4.69, 9.17) is 0 Å². The normalized spacial score (nSPS) is 32.6. The summed E-state index contributed by atoms with van der Waals surface area (Å²) in [6, 6.07) is 0.224. The zero-order valence-electron chi connectivity index (χ0n) is 15.6. The number of pyridine rings is 1. The Morgan fingerprint density at radius 2 is 2.07 bits per heavy atom. The SMILES string of the molecule is O=C(Nc1nncs1)c1cnc2[nH]cnc2c1N[C@H]1C2CC3CC1C[C@@](O)(C3)C2. The lowest BCUT2D eigenvalue weighted by Crippen LogP contribution is -2.59. The Kier molecular flexibility index (Phi) is 3.70. The Labute approximate surface area is 170 Å². The molecule has 4 saturated carbocycles. The Hall–Kier alpha value is -2.59. The minimum Gasteiger partial charge on any atom is -0.390 e. The molecule has 4 aliphatic rings.